The predicted molar refractivity (Wildman–Crippen MR) is 73.0 cm³/mol. The predicted octanol–water partition coefficient (Wildman–Crippen LogP) is 1.83. The molecule has 0 unspecified atom stereocenters. The Labute approximate surface area is 107 Å². The van der Waals surface area contributed by atoms with Crippen LogP contribution >= 0.6 is 0 Å². The Bertz CT molecular complexity index is 428. The normalized spacial score (nSPS) is 10.1. The quantitative estimate of drug-likeness (QED) is 0.617. The fraction of sp³-hybridized carbons (Fsp3) is 0.308. The van der Waals surface area contributed by atoms with E-state index in [0.717, 1.165) is 25.4 Å². The van der Waals surface area contributed by atoms with Crippen LogP contribution in [-0.2, 0) is 4.79 Å². The van der Waals surface area contributed by atoms with Crippen LogP contribution in [0.3, 0.4) is 0 Å². The maximum atomic E-state index is 10.7. The summed E-state index contributed by atoms with van der Waals surface area (Å²) >= 11 is 0. The van der Waals surface area contributed by atoms with Crippen molar-refractivity contribution in [3.63, 3.8) is 0 Å². The first kappa shape index (κ1) is 16.0. The van der Waals surface area contributed by atoms with Gasteiger partial charge in [0, 0.05) is 19.7 Å². The number of hydrogen-bond donors (Lipinski definition) is 2. The molecular formula is C13H18N2O3. The van der Waals surface area contributed by atoms with Crippen molar-refractivity contribution in [2.24, 2.45) is 4.99 Å². The number of hydrogen-bond acceptors (Lipinski definition) is 5. The van der Waals surface area contributed by atoms with Crippen LogP contribution in [0, 0.1) is 0 Å². The van der Waals surface area contributed by atoms with Gasteiger partial charge in [0.05, 0.1) is 17.1 Å². The summed E-state index contributed by atoms with van der Waals surface area (Å²) in [5.41, 5.74) is 2.46. The van der Waals surface area contributed by atoms with Gasteiger partial charge in [0.1, 0.15) is 6.29 Å². The molecule has 0 aliphatic heterocycles. The molecule has 0 radical (unpaired) electrons. The molecular weight excluding hydrogens is 232 g/mol. The molecule has 5 nitrogen and oxygen atoms in total. The summed E-state index contributed by atoms with van der Waals surface area (Å²) in [4.78, 5) is 25.5. The van der Waals surface area contributed by atoms with E-state index >= 15 is 0 Å². The van der Waals surface area contributed by atoms with Crippen molar-refractivity contribution < 1.29 is 14.7 Å². The summed E-state index contributed by atoms with van der Waals surface area (Å²) in [6.45, 7) is 1.87. The lowest BCUT2D eigenvalue weighted by Gasteiger charge is -2.06. The first-order valence-electron chi connectivity index (χ1n) is 5.49. The van der Waals surface area contributed by atoms with E-state index in [1.54, 1.807) is 25.2 Å². The van der Waals surface area contributed by atoms with Gasteiger partial charge in [-0.15, -0.1) is 0 Å². The Hall–Kier alpha value is -2.01. The van der Waals surface area contributed by atoms with E-state index in [4.69, 9.17) is 5.11 Å². The molecule has 0 aliphatic carbocycles. The topological polar surface area (TPSA) is 78.8 Å². The summed E-state index contributed by atoms with van der Waals surface area (Å²) < 4.78 is 0. The summed E-state index contributed by atoms with van der Waals surface area (Å²) in [5, 5.41) is 9.94. The van der Waals surface area contributed by atoms with Crippen LogP contribution in [0.2, 0.25) is 0 Å². The van der Waals surface area contributed by atoms with E-state index < -0.39 is 0 Å². The molecule has 0 fully saturated rings. The lowest BCUT2D eigenvalue weighted by Crippen LogP contribution is -1.97. The molecule has 0 saturated carbocycles. The zero-order valence-electron chi connectivity index (χ0n) is 10.8. The van der Waals surface area contributed by atoms with Gasteiger partial charge in [-0.05, 0) is 24.6 Å². The van der Waals surface area contributed by atoms with Crippen LogP contribution in [0.5, 0.6) is 0 Å². The minimum atomic E-state index is 0.482. The zero-order chi connectivity index (χ0) is 14.0. The number of aliphatic imine (C=N–C) groups is 1. The largest absolute Gasteiger partial charge is 0.400 e. The van der Waals surface area contributed by atoms with Crippen molar-refractivity contribution in [2.75, 3.05) is 19.5 Å². The van der Waals surface area contributed by atoms with Gasteiger partial charge in [0.15, 0.2) is 6.29 Å². The van der Waals surface area contributed by atoms with Gasteiger partial charge in [0.2, 0.25) is 0 Å². The molecule has 0 saturated heterocycles. The van der Waals surface area contributed by atoms with Crippen LogP contribution in [0.1, 0.15) is 23.7 Å². The van der Waals surface area contributed by atoms with E-state index in [-0.39, 0.29) is 0 Å². The van der Waals surface area contributed by atoms with E-state index in [9.17, 15) is 9.59 Å². The molecule has 0 aromatic heterocycles. The Balaban J connectivity index is 0.00000137. The Kier molecular flexibility index (Phi) is 8.05. The molecule has 0 atom stereocenters. The fourth-order valence-electron chi connectivity index (χ4n) is 1.27. The van der Waals surface area contributed by atoms with Gasteiger partial charge >= 0.3 is 0 Å². The van der Waals surface area contributed by atoms with E-state index in [0.29, 0.717) is 23.4 Å². The highest BCUT2D eigenvalue weighted by atomic mass is 16.2. The van der Waals surface area contributed by atoms with E-state index in [1.807, 2.05) is 6.92 Å². The first-order valence-corrected chi connectivity index (χ1v) is 5.49. The minimum Gasteiger partial charge on any atom is -0.400 e. The number of benzene rings is 1. The molecule has 0 bridgehead atoms. The minimum absolute atomic E-state index is 0.482. The van der Waals surface area contributed by atoms with Gasteiger partial charge in [-0.3, -0.25) is 9.59 Å². The van der Waals surface area contributed by atoms with Crippen LogP contribution in [-0.4, -0.2) is 37.5 Å². The molecule has 0 aliphatic rings. The lowest BCUT2D eigenvalue weighted by atomic mass is 10.2. The number of rotatable bonds is 5. The van der Waals surface area contributed by atoms with Crippen molar-refractivity contribution in [1.82, 2.24) is 0 Å². The van der Waals surface area contributed by atoms with Crippen molar-refractivity contribution in [3.05, 3.63) is 23.8 Å². The second-order valence-electron chi connectivity index (χ2n) is 3.22. The highest BCUT2D eigenvalue weighted by Gasteiger charge is 2.02. The smallest absolute Gasteiger partial charge is 0.164 e. The summed E-state index contributed by atoms with van der Waals surface area (Å²) in [6.07, 6.45) is 2.10. The SMILES string of the molecule is CCC(C=O)=Nc1ccc(C=O)cc1NC.CO. The standard InChI is InChI=1S/C12H14N2O2.CH4O/c1-3-10(8-16)14-11-5-4-9(7-15)6-12(11)13-2;1-2/h4-8,13H,3H2,1-2H3;2H,1H3. The third kappa shape index (κ3) is 4.47. The average molecular weight is 250 g/mol. The number of carbonyl (C=O) groups is 2. The maximum Gasteiger partial charge on any atom is 0.164 e. The third-order valence-electron chi connectivity index (χ3n) is 2.19. The van der Waals surface area contributed by atoms with Crippen LogP contribution in [0.4, 0.5) is 11.4 Å². The molecule has 98 valence electrons. The van der Waals surface area contributed by atoms with Gasteiger partial charge in [-0.25, -0.2) is 4.99 Å². The molecule has 5 heteroatoms. The average Bonchev–Trinajstić information content (AvgIpc) is 2.46. The van der Waals surface area contributed by atoms with E-state index in [1.165, 1.54) is 0 Å². The Morgan fingerprint density at radius 2 is 2.06 bits per heavy atom. The number of aliphatic hydroxyl groups is 1. The van der Waals surface area contributed by atoms with Crippen molar-refractivity contribution in [1.29, 1.82) is 0 Å². The van der Waals surface area contributed by atoms with Crippen molar-refractivity contribution in [2.45, 2.75) is 13.3 Å². The highest BCUT2D eigenvalue weighted by molar-refractivity contribution is 6.28. The summed E-state index contributed by atoms with van der Waals surface area (Å²) in [6, 6.07) is 5.09. The monoisotopic (exact) mass is 250 g/mol. The third-order valence-corrected chi connectivity index (χ3v) is 2.19. The second kappa shape index (κ2) is 9.07. The number of anilines is 1. The second-order valence-corrected chi connectivity index (χ2v) is 3.22. The van der Waals surface area contributed by atoms with Crippen molar-refractivity contribution >= 4 is 29.7 Å². The summed E-state index contributed by atoms with van der Waals surface area (Å²) in [5.74, 6) is 0. The van der Waals surface area contributed by atoms with Crippen LogP contribution < -0.4 is 5.32 Å². The number of carbonyl (C=O) groups excluding carboxylic acids is 2. The lowest BCUT2D eigenvalue weighted by molar-refractivity contribution is -0.102. The van der Waals surface area contributed by atoms with Crippen molar-refractivity contribution in [3.8, 4) is 0 Å². The number of aldehydes is 2. The van der Waals surface area contributed by atoms with Crippen LogP contribution in [0.25, 0.3) is 0 Å². The number of nitrogens with one attached hydrogen (secondary N) is 1. The molecule has 0 spiro atoms. The maximum absolute atomic E-state index is 10.7. The Morgan fingerprint density at radius 3 is 2.50 bits per heavy atom. The molecule has 18 heavy (non-hydrogen) atoms. The number of nitrogens with zero attached hydrogens (tertiary/aromatic N) is 1. The number of aliphatic hydroxyl groups excluding tert-OH is 1. The molecule has 1 aromatic rings. The van der Waals surface area contributed by atoms with E-state index in [2.05, 4.69) is 10.3 Å². The van der Waals surface area contributed by atoms with Gasteiger partial charge < -0.3 is 10.4 Å². The fourth-order valence-corrected chi connectivity index (χ4v) is 1.27. The highest BCUT2D eigenvalue weighted by Crippen LogP contribution is 2.25. The van der Waals surface area contributed by atoms with Crippen LogP contribution in [0.15, 0.2) is 23.2 Å². The zero-order valence-corrected chi connectivity index (χ0v) is 10.8. The molecule has 1 aromatic carbocycles. The summed E-state index contributed by atoms with van der Waals surface area (Å²) in [7, 11) is 2.75. The molecule has 1 rings (SSSR count). The first-order chi connectivity index (χ1) is 8.74. The van der Waals surface area contributed by atoms with Gasteiger partial charge in [-0.2, -0.15) is 0 Å². The van der Waals surface area contributed by atoms with Gasteiger partial charge in [0.25, 0.3) is 0 Å². The Morgan fingerprint density at radius 1 is 1.39 bits per heavy atom. The molecule has 0 heterocycles. The molecule has 0 amide bonds. The molecule has 2 N–H and O–H groups in total. The van der Waals surface area contributed by atoms with Gasteiger partial charge in [-0.1, -0.05) is 6.92 Å².